The van der Waals surface area contributed by atoms with Gasteiger partial charge >= 0.3 is 0 Å². The van der Waals surface area contributed by atoms with Gasteiger partial charge in [0.25, 0.3) is 11.8 Å². The molecular formula is C23H18FN3O3S. The second-order valence-electron chi connectivity index (χ2n) is 7.58. The van der Waals surface area contributed by atoms with Crippen molar-refractivity contribution in [2.75, 3.05) is 11.9 Å². The van der Waals surface area contributed by atoms with Crippen molar-refractivity contribution in [3.63, 3.8) is 0 Å². The van der Waals surface area contributed by atoms with Crippen LogP contribution in [0.2, 0.25) is 0 Å². The highest BCUT2D eigenvalue weighted by molar-refractivity contribution is 7.08. The number of nitrogens with one attached hydrogen (secondary N) is 2. The van der Waals surface area contributed by atoms with Crippen molar-refractivity contribution in [3.05, 3.63) is 76.2 Å². The molecule has 2 N–H and O–H groups in total. The van der Waals surface area contributed by atoms with Gasteiger partial charge in [-0.1, -0.05) is 12.1 Å². The van der Waals surface area contributed by atoms with E-state index in [-0.39, 0.29) is 17.4 Å². The smallest absolute Gasteiger partial charge is 0.256 e. The number of thiophene rings is 1. The third-order valence-electron chi connectivity index (χ3n) is 5.69. The molecule has 1 aromatic heterocycles. The molecule has 2 atom stereocenters. The predicted molar refractivity (Wildman–Crippen MR) is 115 cm³/mol. The monoisotopic (exact) mass is 435 g/mol. The van der Waals surface area contributed by atoms with E-state index in [0.29, 0.717) is 24.2 Å². The van der Waals surface area contributed by atoms with Gasteiger partial charge in [-0.15, -0.1) is 0 Å². The summed E-state index contributed by atoms with van der Waals surface area (Å²) in [7, 11) is 0. The van der Waals surface area contributed by atoms with Crippen LogP contribution in [0.5, 0.6) is 0 Å². The van der Waals surface area contributed by atoms with Gasteiger partial charge in [0, 0.05) is 12.1 Å². The summed E-state index contributed by atoms with van der Waals surface area (Å²) in [6, 6.07) is 11.3. The summed E-state index contributed by atoms with van der Waals surface area (Å²) in [4.78, 5) is 40.4. The van der Waals surface area contributed by atoms with Crippen LogP contribution in [-0.2, 0) is 4.79 Å². The first kappa shape index (κ1) is 19.4. The zero-order valence-electron chi connectivity index (χ0n) is 16.3. The van der Waals surface area contributed by atoms with Crippen molar-refractivity contribution >= 4 is 34.7 Å². The van der Waals surface area contributed by atoms with E-state index in [9.17, 15) is 18.8 Å². The third kappa shape index (κ3) is 3.48. The lowest BCUT2D eigenvalue weighted by Crippen LogP contribution is -2.51. The number of halogens is 1. The number of hydrogen-bond acceptors (Lipinski definition) is 4. The van der Waals surface area contributed by atoms with Crippen LogP contribution in [0.15, 0.2) is 59.3 Å². The van der Waals surface area contributed by atoms with Gasteiger partial charge in [-0.25, -0.2) is 4.39 Å². The van der Waals surface area contributed by atoms with E-state index in [4.69, 9.17) is 0 Å². The largest absolute Gasteiger partial charge is 0.347 e. The molecule has 0 spiro atoms. The standard InChI is InChI=1S/C23H18FN3O3S/c24-16-3-1-2-14(10-16)21(28)26-19-6-8-27-20(19)22(29)25-18-5-4-13(11-17(18)23(27)30)15-7-9-31-12-15/h1-5,7,9-12,19-20H,6,8H2,(H,25,29)(H,26,28)/t19-,20+/m1/s1. The van der Waals surface area contributed by atoms with Crippen LogP contribution in [0.25, 0.3) is 11.1 Å². The first-order valence-electron chi connectivity index (χ1n) is 9.86. The van der Waals surface area contributed by atoms with Crippen LogP contribution >= 0.6 is 11.3 Å². The second kappa shape index (κ2) is 7.63. The lowest BCUT2D eigenvalue weighted by molar-refractivity contribution is -0.120. The molecule has 0 aliphatic carbocycles. The van der Waals surface area contributed by atoms with Crippen molar-refractivity contribution in [2.45, 2.75) is 18.5 Å². The minimum atomic E-state index is -0.831. The maximum Gasteiger partial charge on any atom is 0.256 e. The van der Waals surface area contributed by atoms with E-state index in [1.165, 1.54) is 23.1 Å². The number of anilines is 1. The molecule has 1 fully saturated rings. The highest BCUT2D eigenvalue weighted by Crippen LogP contribution is 2.33. The van der Waals surface area contributed by atoms with Crippen molar-refractivity contribution in [3.8, 4) is 11.1 Å². The summed E-state index contributed by atoms with van der Waals surface area (Å²) in [5.74, 6) is -1.59. The van der Waals surface area contributed by atoms with Crippen molar-refractivity contribution in [1.29, 1.82) is 0 Å². The van der Waals surface area contributed by atoms with Crippen LogP contribution in [-0.4, -0.2) is 41.2 Å². The Labute approximate surface area is 181 Å². The molecule has 31 heavy (non-hydrogen) atoms. The van der Waals surface area contributed by atoms with E-state index in [1.807, 2.05) is 22.9 Å². The summed E-state index contributed by atoms with van der Waals surface area (Å²) in [5, 5.41) is 9.60. The molecule has 2 aliphatic heterocycles. The molecule has 5 rings (SSSR count). The van der Waals surface area contributed by atoms with Gasteiger partial charge in [0.05, 0.1) is 17.3 Å². The molecule has 2 aliphatic rings. The molecule has 8 heteroatoms. The fraction of sp³-hybridized carbons (Fsp3) is 0.174. The number of rotatable bonds is 3. The minimum Gasteiger partial charge on any atom is -0.347 e. The van der Waals surface area contributed by atoms with Crippen molar-refractivity contribution in [1.82, 2.24) is 10.2 Å². The van der Waals surface area contributed by atoms with Crippen molar-refractivity contribution < 1.29 is 18.8 Å². The molecule has 6 nitrogen and oxygen atoms in total. The maximum atomic E-state index is 13.5. The number of nitrogens with zero attached hydrogens (tertiary/aromatic N) is 1. The quantitative estimate of drug-likeness (QED) is 0.661. The van der Waals surface area contributed by atoms with Crippen LogP contribution in [0.1, 0.15) is 27.1 Å². The average molecular weight is 435 g/mol. The van der Waals surface area contributed by atoms with E-state index in [0.717, 1.165) is 17.2 Å². The first-order valence-corrected chi connectivity index (χ1v) is 10.8. The Kier molecular flexibility index (Phi) is 4.78. The van der Waals surface area contributed by atoms with Gasteiger partial charge < -0.3 is 15.5 Å². The van der Waals surface area contributed by atoms with E-state index in [1.54, 1.807) is 23.5 Å². The van der Waals surface area contributed by atoms with Gasteiger partial charge in [0.15, 0.2) is 0 Å². The van der Waals surface area contributed by atoms with Crippen LogP contribution < -0.4 is 10.6 Å². The van der Waals surface area contributed by atoms with Crippen LogP contribution in [0, 0.1) is 5.82 Å². The molecule has 1 saturated heterocycles. The number of hydrogen-bond donors (Lipinski definition) is 2. The Morgan fingerprint density at radius 2 is 2.00 bits per heavy atom. The summed E-state index contributed by atoms with van der Waals surface area (Å²) < 4.78 is 13.5. The first-order chi connectivity index (χ1) is 15.0. The topological polar surface area (TPSA) is 78.5 Å². The lowest BCUT2D eigenvalue weighted by Gasteiger charge is -2.25. The molecule has 0 saturated carbocycles. The third-order valence-corrected chi connectivity index (χ3v) is 6.38. The Hall–Kier alpha value is -3.52. The van der Waals surface area contributed by atoms with Crippen molar-refractivity contribution in [2.24, 2.45) is 0 Å². The summed E-state index contributed by atoms with van der Waals surface area (Å²) in [5.41, 5.74) is 2.96. The van der Waals surface area contributed by atoms with Crippen LogP contribution in [0.3, 0.4) is 0 Å². The zero-order valence-corrected chi connectivity index (χ0v) is 17.1. The number of carbonyl (C=O) groups is 3. The highest BCUT2D eigenvalue weighted by atomic mass is 32.1. The maximum absolute atomic E-state index is 13.5. The molecule has 0 radical (unpaired) electrons. The molecule has 2 aromatic carbocycles. The molecule has 0 unspecified atom stereocenters. The second-order valence-corrected chi connectivity index (χ2v) is 8.36. The molecule has 3 aromatic rings. The van der Waals surface area contributed by atoms with Gasteiger partial charge in [-0.3, -0.25) is 14.4 Å². The Morgan fingerprint density at radius 1 is 1.13 bits per heavy atom. The van der Waals surface area contributed by atoms with Gasteiger partial charge in [-0.2, -0.15) is 11.3 Å². The Balaban J connectivity index is 1.42. The molecule has 3 heterocycles. The number of amides is 3. The van der Waals surface area contributed by atoms with Gasteiger partial charge in [-0.05, 0) is 64.7 Å². The molecular weight excluding hydrogens is 417 g/mol. The van der Waals surface area contributed by atoms with E-state index >= 15 is 0 Å². The fourth-order valence-electron chi connectivity index (χ4n) is 4.18. The predicted octanol–water partition coefficient (Wildman–Crippen LogP) is 3.52. The van der Waals surface area contributed by atoms with E-state index in [2.05, 4.69) is 10.6 Å². The molecule has 3 amide bonds. The summed E-state index contributed by atoms with van der Waals surface area (Å²) in [6.45, 7) is 0.340. The number of benzene rings is 2. The Bertz CT molecular complexity index is 1190. The number of fused-ring (bicyclic) bond motifs is 2. The van der Waals surface area contributed by atoms with Gasteiger partial charge in [0.1, 0.15) is 11.9 Å². The SMILES string of the molecule is O=C(N[C@@H]1CCN2C(=O)c3cc(-c4ccsc4)ccc3NC(=O)[C@H]12)c1cccc(F)c1. The highest BCUT2D eigenvalue weighted by Gasteiger charge is 2.45. The van der Waals surface area contributed by atoms with Crippen LogP contribution in [0.4, 0.5) is 10.1 Å². The molecule has 0 bridgehead atoms. The average Bonchev–Trinajstić information content (AvgIpc) is 3.42. The Morgan fingerprint density at radius 3 is 2.77 bits per heavy atom. The van der Waals surface area contributed by atoms with E-state index < -0.39 is 23.8 Å². The summed E-state index contributed by atoms with van der Waals surface area (Å²) in [6.07, 6.45) is 0.435. The summed E-state index contributed by atoms with van der Waals surface area (Å²) >= 11 is 1.57. The molecule has 156 valence electrons. The van der Waals surface area contributed by atoms with Gasteiger partial charge in [0.2, 0.25) is 5.91 Å². The number of carbonyl (C=O) groups excluding carboxylic acids is 3. The lowest BCUT2D eigenvalue weighted by atomic mass is 10.0. The minimum absolute atomic E-state index is 0.169. The zero-order chi connectivity index (χ0) is 21.5. The normalized spacial score (nSPS) is 20.0. The fourth-order valence-corrected chi connectivity index (χ4v) is 4.84.